The minimum atomic E-state index is -0.0965. The Morgan fingerprint density at radius 2 is 2.12 bits per heavy atom. The van der Waals surface area contributed by atoms with E-state index in [9.17, 15) is 4.79 Å². The summed E-state index contributed by atoms with van der Waals surface area (Å²) in [5.41, 5.74) is 3.28. The zero-order valence-corrected chi connectivity index (χ0v) is 15.4. The summed E-state index contributed by atoms with van der Waals surface area (Å²) in [6.45, 7) is 2.03. The third-order valence-corrected chi connectivity index (χ3v) is 5.08. The summed E-state index contributed by atoms with van der Waals surface area (Å²) in [7, 11) is 0. The maximum Gasteiger partial charge on any atom is 0.255 e. The van der Waals surface area contributed by atoms with Crippen LogP contribution in [0.3, 0.4) is 0 Å². The van der Waals surface area contributed by atoms with Gasteiger partial charge in [-0.05, 0) is 29.8 Å². The van der Waals surface area contributed by atoms with E-state index in [1.807, 2.05) is 24.3 Å². The smallest absolute Gasteiger partial charge is 0.255 e. The lowest BCUT2D eigenvalue weighted by atomic mass is 10.1. The summed E-state index contributed by atoms with van der Waals surface area (Å²) >= 11 is 12.2. The Bertz CT molecular complexity index is 1000. The number of rotatable bonds is 3. The standard InChI is InChI=1S/C19H16Cl2N4O/c20-14-4-3-13(16(21)8-14)10-25-7-5-17-15(11-25)19(26)24-18(23-17)12-2-1-6-22-9-12/h1-4,6,8-9H,5,7,10-11H2,(H,23,24,26). The number of H-pyrrole nitrogens is 1. The van der Waals surface area contributed by atoms with Crippen molar-refractivity contribution in [2.24, 2.45) is 0 Å². The average Bonchev–Trinajstić information content (AvgIpc) is 2.65. The van der Waals surface area contributed by atoms with Crippen LogP contribution in [0.1, 0.15) is 16.8 Å². The normalized spacial score (nSPS) is 14.2. The van der Waals surface area contributed by atoms with Gasteiger partial charge in [0.25, 0.3) is 5.56 Å². The van der Waals surface area contributed by atoms with E-state index in [1.165, 1.54) is 0 Å². The van der Waals surface area contributed by atoms with Crippen molar-refractivity contribution < 1.29 is 0 Å². The number of pyridine rings is 1. The molecule has 0 atom stereocenters. The van der Waals surface area contributed by atoms with Gasteiger partial charge in [-0.2, -0.15) is 0 Å². The highest BCUT2D eigenvalue weighted by Crippen LogP contribution is 2.24. The van der Waals surface area contributed by atoms with Crippen molar-refractivity contribution in [2.75, 3.05) is 6.54 Å². The number of hydrogen-bond acceptors (Lipinski definition) is 4. The van der Waals surface area contributed by atoms with E-state index in [4.69, 9.17) is 23.2 Å². The van der Waals surface area contributed by atoms with Crippen LogP contribution in [0.25, 0.3) is 11.4 Å². The van der Waals surface area contributed by atoms with Gasteiger partial charge >= 0.3 is 0 Å². The Labute approximate surface area is 160 Å². The van der Waals surface area contributed by atoms with E-state index in [0.717, 1.165) is 29.8 Å². The minimum Gasteiger partial charge on any atom is -0.306 e. The average molecular weight is 387 g/mol. The highest BCUT2D eigenvalue weighted by molar-refractivity contribution is 6.35. The second-order valence-corrected chi connectivity index (χ2v) is 7.12. The first kappa shape index (κ1) is 17.2. The Hall–Kier alpha value is -2.21. The Balaban J connectivity index is 1.58. The monoisotopic (exact) mass is 386 g/mol. The van der Waals surface area contributed by atoms with Gasteiger partial charge in [-0.25, -0.2) is 4.98 Å². The van der Waals surface area contributed by atoms with Gasteiger partial charge in [0.15, 0.2) is 0 Å². The zero-order valence-electron chi connectivity index (χ0n) is 13.9. The zero-order chi connectivity index (χ0) is 18.1. The molecule has 1 aliphatic rings. The van der Waals surface area contributed by atoms with Crippen molar-refractivity contribution >= 4 is 23.2 Å². The van der Waals surface area contributed by atoms with Crippen LogP contribution in [-0.2, 0) is 19.5 Å². The molecule has 0 spiro atoms. The van der Waals surface area contributed by atoms with Crippen LogP contribution in [0.5, 0.6) is 0 Å². The maximum atomic E-state index is 12.6. The van der Waals surface area contributed by atoms with Gasteiger partial charge < -0.3 is 4.98 Å². The van der Waals surface area contributed by atoms with Crippen LogP contribution >= 0.6 is 23.2 Å². The van der Waals surface area contributed by atoms with Gasteiger partial charge in [0.05, 0.1) is 11.3 Å². The van der Waals surface area contributed by atoms with Gasteiger partial charge in [0.2, 0.25) is 0 Å². The van der Waals surface area contributed by atoms with Crippen molar-refractivity contribution in [3.63, 3.8) is 0 Å². The number of aromatic nitrogens is 3. The van der Waals surface area contributed by atoms with E-state index < -0.39 is 0 Å². The van der Waals surface area contributed by atoms with Crippen LogP contribution in [0.4, 0.5) is 0 Å². The summed E-state index contributed by atoms with van der Waals surface area (Å²) in [6, 6.07) is 9.20. The number of benzene rings is 1. The third-order valence-electron chi connectivity index (χ3n) is 4.49. The van der Waals surface area contributed by atoms with Crippen LogP contribution in [0.15, 0.2) is 47.5 Å². The summed E-state index contributed by atoms with van der Waals surface area (Å²) in [6.07, 6.45) is 4.11. The molecule has 7 heteroatoms. The Morgan fingerprint density at radius 3 is 2.88 bits per heavy atom. The van der Waals surface area contributed by atoms with Crippen molar-refractivity contribution in [1.82, 2.24) is 19.9 Å². The summed E-state index contributed by atoms with van der Waals surface area (Å²) in [4.78, 5) is 26.4. The largest absolute Gasteiger partial charge is 0.306 e. The predicted molar refractivity (Wildman–Crippen MR) is 102 cm³/mol. The Morgan fingerprint density at radius 1 is 1.23 bits per heavy atom. The molecule has 0 unspecified atom stereocenters. The first-order valence-electron chi connectivity index (χ1n) is 8.29. The molecular formula is C19H16Cl2N4O. The highest BCUT2D eigenvalue weighted by atomic mass is 35.5. The van der Waals surface area contributed by atoms with Crippen molar-refractivity contribution in [2.45, 2.75) is 19.5 Å². The minimum absolute atomic E-state index is 0.0965. The fourth-order valence-corrected chi connectivity index (χ4v) is 3.61. The van der Waals surface area contributed by atoms with Gasteiger partial charge in [-0.3, -0.25) is 14.7 Å². The quantitative estimate of drug-likeness (QED) is 0.745. The van der Waals surface area contributed by atoms with Crippen molar-refractivity contribution in [3.05, 3.63) is 79.9 Å². The molecule has 0 amide bonds. The molecular weight excluding hydrogens is 371 g/mol. The van der Waals surface area contributed by atoms with E-state index >= 15 is 0 Å². The molecule has 1 N–H and O–H groups in total. The van der Waals surface area contributed by atoms with Crippen LogP contribution in [0.2, 0.25) is 10.0 Å². The summed E-state index contributed by atoms with van der Waals surface area (Å²) < 4.78 is 0. The number of hydrogen-bond donors (Lipinski definition) is 1. The van der Waals surface area contributed by atoms with E-state index in [1.54, 1.807) is 18.5 Å². The number of fused-ring (bicyclic) bond motifs is 1. The van der Waals surface area contributed by atoms with Gasteiger partial charge in [0.1, 0.15) is 5.82 Å². The SMILES string of the molecule is O=c1[nH]c(-c2cccnc2)nc2c1CN(Cc1ccc(Cl)cc1Cl)CC2. The van der Waals surface area contributed by atoms with E-state index in [-0.39, 0.29) is 5.56 Å². The topological polar surface area (TPSA) is 61.9 Å². The second kappa shape index (κ2) is 7.19. The van der Waals surface area contributed by atoms with E-state index in [2.05, 4.69) is 19.9 Å². The van der Waals surface area contributed by atoms with Gasteiger partial charge in [-0.1, -0.05) is 29.3 Å². The lowest BCUT2D eigenvalue weighted by molar-refractivity contribution is 0.242. The van der Waals surface area contributed by atoms with Crippen LogP contribution in [0, 0.1) is 0 Å². The summed E-state index contributed by atoms with van der Waals surface area (Å²) in [5.74, 6) is 0.566. The molecule has 1 aromatic carbocycles. The van der Waals surface area contributed by atoms with E-state index in [0.29, 0.717) is 34.5 Å². The molecule has 0 fully saturated rings. The molecule has 0 radical (unpaired) electrons. The number of halogens is 2. The second-order valence-electron chi connectivity index (χ2n) is 6.28. The number of nitrogens with zero attached hydrogens (tertiary/aromatic N) is 3. The predicted octanol–water partition coefficient (Wildman–Crippen LogP) is 3.70. The van der Waals surface area contributed by atoms with Crippen molar-refractivity contribution in [1.29, 1.82) is 0 Å². The van der Waals surface area contributed by atoms with Crippen molar-refractivity contribution in [3.8, 4) is 11.4 Å². The fraction of sp³-hybridized carbons (Fsp3) is 0.211. The molecule has 0 saturated carbocycles. The number of nitrogens with one attached hydrogen (secondary N) is 1. The first-order chi connectivity index (χ1) is 12.6. The van der Waals surface area contributed by atoms with Crippen LogP contribution < -0.4 is 5.56 Å². The molecule has 5 nitrogen and oxygen atoms in total. The van der Waals surface area contributed by atoms with Gasteiger partial charge in [0, 0.05) is 54.1 Å². The maximum absolute atomic E-state index is 12.6. The first-order valence-corrected chi connectivity index (χ1v) is 9.04. The Kier molecular flexibility index (Phi) is 4.76. The molecule has 1 aliphatic heterocycles. The molecule has 0 aliphatic carbocycles. The lowest BCUT2D eigenvalue weighted by Crippen LogP contribution is -2.35. The molecule has 3 aromatic rings. The molecule has 3 heterocycles. The van der Waals surface area contributed by atoms with Crippen LogP contribution in [-0.4, -0.2) is 26.4 Å². The molecule has 132 valence electrons. The summed E-state index contributed by atoms with van der Waals surface area (Å²) in [5, 5.41) is 1.26. The highest BCUT2D eigenvalue weighted by Gasteiger charge is 2.22. The molecule has 4 rings (SSSR count). The molecule has 0 bridgehead atoms. The van der Waals surface area contributed by atoms with Gasteiger partial charge in [-0.15, -0.1) is 0 Å². The molecule has 26 heavy (non-hydrogen) atoms. The molecule has 2 aromatic heterocycles. The molecule has 0 saturated heterocycles. The number of aromatic amines is 1. The fourth-order valence-electron chi connectivity index (χ4n) is 3.15. The lowest BCUT2D eigenvalue weighted by Gasteiger charge is -2.28. The third kappa shape index (κ3) is 3.51.